The van der Waals surface area contributed by atoms with Crippen molar-refractivity contribution in [3.05, 3.63) is 0 Å². The molecule has 0 saturated carbocycles. The Bertz CT molecular complexity index is 558. The lowest BCUT2D eigenvalue weighted by atomic mass is 10.0. The highest BCUT2D eigenvalue weighted by Crippen LogP contribution is 2.18. The smallest absolute Gasteiger partial charge is 0.305 e. The normalized spacial score (nSPS) is 11.4. The van der Waals surface area contributed by atoms with Gasteiger partial charge in [-0.1, -0.05) is 264 Å². The zero-order valence-electron chi connectivity index (χ0n) is 33.0. The second-order valence-corrected chi connectivity index (χ2v) is 15.5. The largest absolute Gasteiger partial charge is 0.469 e. The fourth-order valence-electron chi connectivity index (χ4n) is 7.34. The average molecular weight is 663 g/mol. The van der Waals surface area contributed by atoms with Gasteiger partial charge in [0.25, 0.3) is 0 Å². The Morgan fingerprint density at radius 3 is 0.574 bits per heavy atom. The summed E-state index contributed by atoms with van der Waals surface area (Å²) in [4.78, 5) is 11.1. The molecule has 0 rings (SSSR count). The highest BCUT2D eigenvalue weighted by molar-refractivity contribution is 5.68. The standard InChI is InChI=1S/C45H90O2/c1-3-4-5-6-7-8-9-10-11-12-13-14-15-16-17-18-19-20-21-22-23-24-25-26-27-28-29-30-31-32-33-34-35-36-37-38-39-40-41-42-43-44-45(46)47-2/h3-44H2,1-2H3. The predicted octanol–water partition coefficient (Wildman–Crippen LogP) is 16.6. The SMILES string of the molecule is CCCCCCCCCCCCCCCCCCCCCCCCCCCCCCCCCCCCCCCCCCCC(=O)OC. The van der Waals surface area contributed by atoms with Gasteiger partial charge in [-0.25, -0.2) is 0 Å². The predicted molar refractivity (Wildman–Crippen MR) is 212 cm³/mol. The Balaban J connectivity index is 3.05. The van der Waals surface area contributed by atoms with E-state index in [-0.39, 0.29) is 5.97 Å². The number of carbonyl (C=O) groups excluding carboxylic acids is 1. The molecule has 0 aromatic heterocycles. The van der Waals surface area contributed by atoms with Gasteiger partial charge >= 0.3 is 5.97 Å². The molecule has 0 spiro atoms. The van der Waals surface area contributed by atoms with Gasteiger partial charge in [-0.3, -0.25) is 4.79 Å². The number of carbonyl (C=O) groups is 1. The van der Waals surface area contributed by atoms with E-state index in [0.29, 0.717) is 6.42 Å². The quantitative estimate of drug-likeness (QED) is 0.0480. The van der Waals surface area contributed by atoms with Crippen LogP contribution in [0.5, 0.6) is 0 Å². The molecule has 0 aliphatic rings. The van der Waals surface area contributed by atoms with Crippen molar-refractivity contribution in [1.82, 2.24) is 0 Å². The number of ether oxygens (including phenoxy) is 1. The molecule has 282 valence electrons. The van der Waals surface area contributed by atoms with Crippen molar-refractivity contribution in [2.45, 2.75) is 277 Å². The summed E-state index contributed by atoms with van der Waals surface area (Å²) in [6, 6.07) is 0. The minimum absolute atomic E-state index is 0.0586. The molecule has 47 heavy (non-hydrogen) atoms. The third-order valence-corrected chi connectivity index (χ3v) is 10.7. The lowest BCUT2D eigenvalue weighted by Crippen LogP contribution is -1.99. The first-order chi connectivity index (χ1) is 23.3. The molecule has 0 aromatic carbocycles. The Morgan fingerprint density at radius 1 is 0.277 bits per heavy atom. The van der Waals surface area contributed by atoms with Crippen LogP contribution >= 0.6 is 0 Å². The lowest BCUT2D eigenvalue weighted by molar-refractivity contribution is -0.140. The van der Waals surface area contributed by atoms with E-state index in [1.54, 1.807) is 0 Å². The minimum atomic E-state index is -0.0586. The maximum atomic E-state index is 11.1. The molecule has 2 nitrogen and oxygen atoms in total. The topological polar surface area (TPSA) is 26.3 Å². The van der Waals surface area contributed by atoms with Crippen LogP contribution in [-0.2, 0) is 9.53 Å². The Hall–Kier alpha value is -0.530. The first kappa shape index (κ1) is 46.5. The van der Waals surface area contributed by atoms with Crippen molar-refractivity contribution >= 4 is 5.97 Å². The molecular weight excluding hydrogens is 572 g/mol. The maximum absolute atomic E-state index is 11.1. The van der Waals surface area contributed by atoms with Gasteiger partial charge in [0, 0.05) is 6.42 Å². The summed E-state index contributed by atoms with van der Waals surface area (Å²) in [6.07, 6.45) is 59.7. The Kier molecular flexibility index (Phi) is 43.0. The molecule has 0 radical (unpaired) electrons. The summed E-state index contributed by atoms with van der Waals surface area (Å²) >= 11 is 0. The van der Waals surface area contributed by atoms with Crippen molar-refractivity contribution in [1.29, 1.82) is 0 Å². The fourth-order valence-corrected chi connectivity index (χ4v) is 7.34. The molecular formula is C45H90O2. The highest BCUT2D eigenvalue weighted by Gasteiger charge is 2.00. The first-order valence-electron chi connectivity index (χ1n) is 22.4. The van der Waals surface area contributed by atoms with Crippen LogP contribution < -0.4 is 0 Å². The summed E-state index contributed by atoms with van der Waals surface area (Å²) in [5.41, 5.74) is 0. The van der Waals surface area contributed by atoms with E-state index >= 15 is 0 Å². The Labute approximate surface area is 298 Å². The molecule has 0 aliphatic carbocycles. The van der Waals surface area contributed by atoms with E-state index in [1.807, 2.05) is 0 Å². The molecule has 0 bridgehead atoms. The van der Waals surface area contributed by atoms with E-state index in [4.69, 9.17) is 4.74 Å². The van der Waals surface area contributed by atoms with Crippen molar-refractivity contribution < 1.29 is 9.53 Å². The zero-order chi connectivity index (χ0) is 34.0. The number of rotatable bonds is 42. The summed E-state index contributed by atoms with van der Waals surface area (Å²) in [5.74, 6) is -0.0586. The number of hydrogen-bond acceptors (Lipinski definition) is 2. The van der Waals surface area contributed by atoms with Crippen LogP contribution in [0.2, 0.25) is 0 Å². The van der Waals surface area contributed by atoms with Gasteiger partial charge < -0.3 is 4.74 Å². The van der Waals surface area contributed by atoms with Crippen LogP contribution in [0, 0.1) is 0 Å². The zero-order valence-corrected chi connectivity index (χ0v) is 33.0. The van der Waals surface area contributed by atoms with E-state index in [0.717, 1.165) is 6.42 Å². The van der Waals surface area contributed by atoms with Crippen LogP contribution in [-0.4, -0.2) is 13.1 Å². The van der Waals surface area contributed by atoms with E-state index in [1.165, 1.54) is 264 Å². The van der Waals surface area contributed by atoms with Gasteiger partial charge in [-0.15, -0.1) is 0 Å². The molecule has 0 atom stereocenters. The van der Waals surface area contributed by atoms with Crippen LogP contribution in [0.1, 0.15) is 277 Å². The van der Waals surface area contributed by atoms with Crippen molar-refractivity contribution in [2.24, 2.45) is 0 Å². The van der Waals surface area contributed by atoms with Gasteiger partial charge in [-0.2, -0.15) is 0 Å². The monoisotopic (exact) mass is 663 g/mol. The van der Waals surface area contributed by atoms with Crippen LogP contribution in [0.4, 0.5) is 0 Å². The molecule has 0 fully saturated rings. The number of hydrogen-bond donors (Lipinski definition) is 0. The van der Waals surface area contributed by atoms with Gasteiger partial charge in [0.05, 0.1) is 7.11 Å². The molecule has 0 heterocycles. The molecule has 2 heteroatoms. The minimum Gasteiger partial charge on any atom is -0.469 e. The number of methoxy groups -OCH3 is 1. The highest BCUT2D eigenvalue weighted by atomic mass is 16.5. The van der Waals surface area contributed by atoms with Gasteiger partial charge in [0.1, 0.15) is 0 Å². The molecule has 0 amide bonds. The lowest BCUT2D eigenvalue weighted by Gasteiger charge is -2.05. The Morgan fingerprint density at radius 2 is 0.426 bits per heavy atom. The fraction of sp³-hybridized carbons (Fsp3) is 0.978. The van der Waals surface area contributed by atoms with E-state index in [9.17, 15) is 4.79 Å². The molecule has 0 saturated heterocycles. The molecule has 0 aromatic rings. The average Bonchev–Trinajstić information content (AvgIpc) is 3.08. The van der Waals surface area contributed by atoms with Crippen molar-refractivity contribution in [3.8, 4) is 0 Å². The van der Waals surface area contributed by atoms with Gasteiger partial charge in [0.15, 0.2) is 0 Å². The number of unbranched alkanes of at least 4 members (excludes halogenated alkanes) is 40. The van der Waals surface area contributed by atoms with Gasteiger partial charge in [0.2, 0.25) is 0 Å². The summed E-state index contributed by atoms with van der Waals surface area (Å²) < 4.78 is 4.69. The summed E-state index contributed by atoms with van der Waals surface area (Å²) in [5, 5.41) is 0. The van der Waals surface area contributed by atoms with E-state index in [2.05, 4.69) is 6.92 Å². The maximum Gasteiger partial charge on any atom is 0.305 e. The van der Waals surface area contributed by atoms with Crippen molar-refractivity contribution in [3.63, 3.8) is 0 Å². The van der Waals surface area contributed by atoms with Crippen LogP contribution in [0.3, 0.4) is 0 Å². The van der Waals surface area contributed by atoms with Crippen LogP contribution in [0.25, 0.3) is 0 Å². The second-order valence-electron chi connectivity index (χ2n) is 15.5. The second kappa shape index (κ2) is 43.5. The van der Waals surface area contributed by atoms with E-state index < -0.39 is 0 Å². The third kappa shape index (κ3) is 43.4. The first-order valence-corrected chi connectivity index (χ1v) is 22.4. The summed E-state index contributed by atoms with van der Waals surface area (Å²) in [6.45, 7) is 2.31. The van der Waals surface area contributed by atoms with Crippen LogP contribution in [0.15, 0.2) is 0 Å². The molecule has 0 aliphatic heterocycles. The van der Waals surface area contributed by atoms with Crippen molar-refractivity contribution in [2.75, 3.05) is 7.11 Å². The summed E-state index contributed by atoms with van der Waals surface area (Å²) in [7, 11) is 1.48. The molecule has 0 unspecified atom stereocenters. The third-order valence-electron chi connectivity index (χ3n) is 10.7. The number of esters is 1. The van der Waals surface area contributed by atoms with Gasteiger partial charge in [-0.05, 0) is 6.42 Å². The molecule has 0 N–H and O–H groups in total.